The third kappa shape index (κ3) is 4.22. The van der Waals surface area contributed by atoms with E-state index in [1.165, 1.54) is 0 Å². The Bertz CT molecular complexity index is 1660. The van der Waals surface area contributed by atoms with Crippen LogP contribution in [0.4, 0.5) is 0 Å². The maximum atomic E-state index is 13.7. The molecule has 7 heteroatoms. The molecule has 1 unspecified atom stereocenters. The zero-order valence-electron chi connectivity index (χ0n) is 20.8. The van der Waals surface area contributed by atoms with Crippen LogP contribution in [0.3, 0.4) is 0 Å². The van der Waals surface area contributed by atoms with Gasteiger partial charge in [-0.1, -0.05) is 48.5 Å². The number of fused-ring (bicyclic) bond motifs is 2. The van der Waals surface area contributed by atoms with Crippen LogP contribution in [-0.4, -0.2) is 17.4 Å². The van der Waals surface area contributed by atoms with Crippen molar-refractivity contribution in [3.05, 3.63) is 130 Å². The summed E-state index contributed by atoms with van der Waals surface area (Å²) in [6, 6.07) is 25.2. The van der Waals surface area contributed by atoms with Gasteiger partial charge in [-0.15, -0.1) is 0 Å². The monoisotopic (exact) mass is 507 g/mol. The molecule has 0 saturated heterocycles. The van der Waals surface area contributed by atoms with Crippen molar-refractivity contribution < 1.29 is 23.1 Å². The predicted molar refractivity (Wildman–Crippen MR) is 141 cm³/mol. The van der Waals surface area contributed by atoms with Crippen molar-refractivity contribution in [3.8, 4) is 11.5 Å². The number of hydrogen-bond acceptors (Lipinski definition) is 6. The topological polar surface area (TPSA) is 82.1 Å². The quantitative estimate of drug-likeness (QED) is 0.252. The largest absolute Gasteiger partial charge is 0.490 e. The smallest absolute Gasteiger partial charge is 0.291 e. The molecule has 1 atom stereocenters. The molecule has 0 N–H and O–H groups in total. The van der Waals surface area contributed by atoms with Crippen LogP contribution in [0.25, 0.3) is 11.0 Å². The Morgan fingerprint density at radius 3 is 2.47 bits per heavy atom. The average Bonchev–Trinajstić information content (AvgIpc) is 3.56. The molecule has 0 aliphatic carbocycles. The molecular weight excluding hydrogens is 482 g/mol. The predicted octanol–water partition coefficient (Wildman–Crippen LogP) is 6.11. The summed E-state index contributed by atoms with van der Waals surface area (Å²) in [5, 5.41) is 0.428. The minimum atomic E-state index is -0.689. The van der Waals surface area contributed by atoms with Gasteiger partial charge in [0.15, 0.2) is 16.9 Å². The van der Waals surface area contributed by atoms with Gasteiger partial charge in [0.2, 0.25) is 5.76 Å². The van der Waals surface area contributed by atoms with Gasteiger partial charge in [-0.2, -0.15) is 0 Å². The third-order valence-corrected chi connectivity index (χ3v) is 6.60. The lowest BCUT2D eigenvalue weighted by molar-refractivity contribution is 0.0701. The molecule has 1 aliphatic rings. The SMILES string of the molecule is CCOc1cc(C2c3c(oc4ccccc4c3=O)C(=O)N2Cc2ccco2)ccc1OCc1ccccc1. The highest BCUT2D eigenvalue weighted by Crippen LogP contribution is 2.42. The summed E-state index contributed by atoms with van der Waals surface area (Å²) in [7, 11) is 0. The van der Waals surface area contributed by atoms with Crippen molar-refractivity contribution in [2.75, 3.05) is 6.61 Å². The first-order chi connectivity index (χ1) is 18.6. The molecule has 3 heterocycles. The van der Waals surface area contributed by atoms with Gasteiger partial charge in [-0.05, 0) is 54.4 Å². The average molecular weight is 508 g/mol. The normalized spacial score (nSPS) is 14.6. The maximum absolute atomic E-state index is 13.7. The number of para-hydroxylation sites is 1. The second-order valence-corrected chi connectivity index (χ2v) is 9.00. The van der Waals surface area contributed by atoms with Gasteiger partial charge >= 0.3 is 0 Å². The summed E-state index contributed by atoms with van der Waals surface area (Å²) in [4.78, 5) is 29.0. The molecule has 7 nitrogen and oxygen atoms in total. The second-order valence-electron chi connectivity index (χ2n) is 9.00. The van der Waals surface area contributed by atoms with Crippen LogP contribution in [-0.2, 0) is 13.2 Å². The highest BCUT2D eigenvalue weighted by Gasteiger charge is 2.43. The molecule has 0 spiro atoms. The fraction of sp³-hybridized carbons (Fsp3) is 0.161. The lowest BCUT2D eigenvalue weighted by atomic mass is 9.98. The Kier molecular flexibility index (Phi) is 6.17. The molecular formula is C31H25NO6. The third-order valence-electron chi connectivity index (χ3n) is 6.60. The van der Waals surface area contributed by atoms with Crippen molar-refractivity contribution in [2.45, 2.75) is 26.1 Å². The number of rotatable bonds is 8. The molecule has 0 radical (unpaired) electrons. The van der Waals surface area contributed by atoms with Crippen LogP contribution in [0.5, 0.6) is 11.5 Å². The molecule has 1 aliphatic heterocycles. The minimum Gasteiger partial charge on any atom is -0.490 e. The number of nitrogens with zero attached hydrogens (tertiary/aromatic N) is 1. The van der Waals surface area contributed by atoms with E-state index in [-0.39, 0.29) is 23.6 Å². The molecule has 0 fully saturated rings. The summed E-state index contributed by atoms with van der Waals surface area (Å²) in [5.74, 6) is 1.39. The molecule has 1 amide bonds. The molecule has 190 valence electrons. The Balaban J connectivity index is 1.45. The van der Waals surface area contributed by atoms with Gasteiger partial charge in [0, 0.05) is 0 Å². The van der Waals surface area contributed by atoms with Crippen molar-refractivity contribution in [1.82, 2.24) is 4.90 Å². The fourth-order valence-corrected chi connectivity index (χ4v) is 4.86. The van der Waals surface area contributed by atoms with Crippen LogP contribution < -0.4 is 14.9 Å². The Morgan fingerprint density at radius 2 is 1.68 bits per heavy atom. The van der Waals surface area contributed by atoms with Gasteiger partial charge in [0.05, 0.1) is 36.4 Å². The molecule has 5 aromatic rings. The standard InChI is InChI=1S/C31H25NO6/c1-2-35-26-17-21(14-15-25(26)37-19-20-9-4-3-5-10-20)28-27-29(33)23-12-6-7-13-24(23)38-30(27)31(34)32(28)18-22-11-8-16-36-22/h3-17,28H,2,18-19H2,1H3. The van der Waals surface area contributed by atoms with Crippen molar-refractivity contribution in [1.29, 1.82) is 0 Å². The van der Waals surface area contributed by atoms with Crippen LogP contribution >= 0.6 is 0 Å². The number of amides is 1. The number of carbonyl (C=O) groups excluding carboxylic acids is 1. The summed E-state index contributed by atoms with van der Waals surface area (Å²) in [6.45, 7) is 2.87. The number of ether oxygens (including phenoxy) is 2. The number of carbonyl (C=O) groups is 1. The lowest BCUT2D eigenvalue weighted by Gasteiger charge is -2.25. The molecule has 3 aromatic carbocycles. The van der Waals surface area contributed by atoms with E-state index < -0.39 is 6.04 Å². The van der Waals surface area contributed by atoms with Crippen LogP contribution in [0.2, 0.25) is 0 Å². The highest BCUT2D eigenvalue weighted by atomic mass is 16.5. The first-order valence-electron chi connectivity index (χ1n) is 12.5. The van der Waals surface area contributed by atoms with Gasteiger partial charge < -0.3 is 23.2 Å². The van der Waals surface area contributed by atoms with E-state index in [0.29, 0.717) is 52.6 Å². The van der Waals surface area contributed by atoms with Crippen LogP contribution in [0, 0.1) is 0 Å². The van der Waals surface area contributed by atoms with E-state index in [2.05, 4.69) is 0 Å². The van der Waals surface area contributed by atoms with E-state index >= 15 is 0 Å². The lowest BCUT2D eigenvalue weighted by Crippen LogP contribution is -2.29. The summed E-state index contributed by atoms with van der Waals surface area (Å²) in [6.07, 6.45) is 1.56. The summed E-state index contributed by atoms with van der Waals surface area (Å²) in [5.41, 5.74) is 2.19. The Hall–Kier alpha value is -4.78. The van der Waals surface area contributed by atoms with Gasteiger partial charge in [-0.25, -0.2) is 0 Å². The van der Waals surface area contributed by atoms with Gasteiger partial charge in [-0.3, -0.25) is 9.59 Å². The van der Waals surface area contributed by atoms with Gasteiger partial charge in [0.1, 0.15) is 18.0 Å². The molecule has 38 heavy (non-hydrogen) atoms. The van der Waals surface area contributed by atoms with Crippen molar-refractivity contribution in [3.63, 3.8) is 0 Å². The molecule has 0 bridgehead atoms. The van der Waals surface area contributed by atoms with Crippen LogP contribution in [0.1, 0.15) is 46.0 Å². The molecule has 0 saturated carbocycles. The van der Waals surface area contributed by atoms with Crippen molar-refractivity contribution in [2.24, 2.45) is 0 Å². The second kappa shape index (κ2) is 9.94. The summed E-state index contributed by atoms with van der Waals surface area (Å²) < 4.78 is 23.6. The Labute approximate surface area is 218 Å². The van der Waals surface area contributed by atoms with E-state index in [0.717, 1.165) is 5.56 Å². The maximum Gasteiger partial charge on any atom is 0.291 e. The molecule has 2 aromatic heterocycles. The number of furan rings is 1. The van der Waals surface area contributed by atoms with E-state index in [1.807, 2.05) is 55.5 Å². The zero-order valence-corrected chi connectivity index (χ0v) is 20.8. The fourth-order valence-electron chi connectivity index (χ4n) is 4.86. The van der Waals surface area contributed by atoms with E-state index in [9.17, 15) is 9.59 Å². The highest BCUT2D eigenvalue weighted by molar-refractivity contribution is 5.99. The summed E-state index contributed by atoms with van der Waals surface area (Å²) >= 11 is 0. The van der Waals surface area contributed by atoms with E-state index in [1.54, 1.807) is 47.6 Å². The first kappa shape index (κ1) is 23.6. The van der Waals surface area contributed by atoms with Crippen molar-refractivity contribution >= 4 is 16.9 Å². The zero-order chi connectivity index (χ0) is 26.1. The van der Waals surface area contributed by atoms with Crippen LogP contribution in [0.15, 0.2) is 105 Å². The molecule has 6 rings (SSSR count). The Morgan fingerprint density at radius 1 is 0.868 bits per heavy atom. The number of hydrogen-bond donors (Lipinski definition) is 0. The van der Waals surface area contributed by atoms with E-state index in [4.69, 9.17) is 18.3 Å². The van der Waals surface area contributed by atoms with Gasteiger partial charge in [0.25, 0.3) is 5.91 Å². The number of benzene rings is 3. The first-order valence-corrected chi connectivity index (χ1v) is 12.5. The minimum absolute atomic E-state index is 0.0487.